The molecule has 0 aliphatic carbocycles. The van der Waals surface area contributed by atoms with Crippen molar-refractivity contribution in [1.29, 1.82) is 0 Å². The summed E-state index contributed by atoms with van der Waals surface area (Å²) in [5.41, 5.74) is 14.2. The van der Waals surface area contributed by atoms with Gasteiger partial charge in [0.15, 0.2) is 5.58 Å². The highest BCUT2D eigenvalue weighted by Crippen LogP contribution is 2.47. The van der Waals surface area contributed by atoms with E-state index in [1.54, 1.807) is 0 Å². The summed E-state index contributed by atoms with van der Waals surface area (Å²) in [4.78, 5) is 4.76. The molecule has 0 saturated heterocycles. The summed E-state index contributed by atoms with van der Waals surface area (Å²) in [6.07, 6.45) is 0. The van der Waals surface area contributed by atoms with Crippen molar-refractivity contribution < 1.29 is 4.42 Å². The third kappa shape index (κ3) is 7.02. The average molecular weight is 925 g/mol. The largest absolute Gasteiger partial charge is 0.454 e. The zero-order valence-corrected chi connectivity index (χ0v) is 39.7. The van der Waals surface area contributed by atoms with Gasteiger partial charge in [-0.1, -0.05) is 152 Å². The number of para-hydroxylation sites is 2. The van der Waals surface area contributed by atoms with Gasteiger partial charge in [-0.3, -0.25) is 0 Å². The van der Waals surface area contributed by atoms with E-state index in [1.165, 1.54) is 69.2 Å². The first-order valence-electron chi connectivity index (χ1n) is 24.2. The molecule has 0 aliphatic rings. The van der Waals surface area contributed by atoms with Crippen LogP contribution in [0.3, 0.4) is 0 Å². The van der Waals surface area contributed by atoms with E-state index in [2.05, 4.69) is 265 Å². The van der Waals surface area contributed by atoms with Gasteiger partial charge in [0, 0.05) is 58.8 Å². The van der Waals surface area contributed by atoms with Crippen LogP contribution < -0.4 is 9.80 Å². The molecule has 12 aromatic carbocycles. The van der Waals surface area contributed by atoms with E-state index in [0.29, 0.717) is 0 Å². The van der Waals surface area contributed by atoms with Gasteiger partial charge in [-0.25, -0.2) is 0 Å². The highest BCUT2D eigenvalue weighted by molar-refractivity contribution is 7.25. The van der Waals surface area contributed by atoms with E-state index in [-0.39, 0.29) is 0 Å². The Morgan fingerprint density at radius 2 is 0.944 bits per heavy atom. The van der Waals surface area contributed by atoms with Gasteiger partial charge in [0.1, 0.15) is 5.58 Å². The molecule has 2 heterocycles. The van der Waals surface area contributed by atoms with Crippen molar-refractivity contribution in [2.24, 2.45) is 0 Å². The molecule has 0 atom stereocenters. The van der Waals surface area contributed by atoms with Gasteiger partial charge in [0.2, 0.25) is 0 Å². The minimum absolute atomic E-state index is 0.866. The first-order valence-corrected chi connectivity index (χ1v) is 25.0. The summed E-state index contributed by atoms with van der Waals surface area (Å²) >= 11 is 1.86. The molecule has 0 N–H and O–H groups in total. The van der Waals surface area contributed by atoms with Gasteiger partial charge in [-0.15, -0.1) is 11.3 Å². The van der Waals surface area contributed by atoms with E-state index in [9.17, 15) is 0 Å². The predicted octanol–water partition coefficient (Wildman–Crippen LogP) is 20.0. The Morgan fingerprint density at radius 3 is 1.73 bits per heavy atom. The molecular weight excluding hydrogens is 881 g/mol. The van der Waals surface area contributed by atoms with Crippen LogP contribution >= 0.6 is 11.3 Å². The monoisotopic (exact) mass is 924 g/mol. The topological polar surface area (TPSA) is 19.6 Å². The third-order valence-electron chi connectivity index (χ3n) is 14.2. The van der Waals surface area contributed by atoms with Gasteiger partial charge in [-0.05, 0) is 153 Å². The number of aryl methyl sites for hydroxylation is 1. The molecule has 0 amide bonds. The van der Waals surface area contributed by atoms with E-state index in [1.807, 2.05) is 11.3 Å². The summed E-state index contributed by atoms with van der Waals surface area (Å²) < 4.78 is 9.62. The molecule has 3 nitrogen and oxygen atoms in total. The second kappa shape index (κ2) is 16.6. The second-order valence-electron chi connectivity index (χ2n) is 18.6. The summed E-state index contributed by atoms with van der Waals surface area (Å²) in [7, 11) is 0. The Kier molecular flexibility index (Phi) is 9.61. The molecule has 0 bridgehead atoms. The van der Waals surface area contributed by atoms with Crippen molar-refractivity contribution in [1.82, 2.24) is 0 Å². The lowest BCUT2D eigenvalue weighted by Gasteiger charge is -2.27. The first-order chi connectivity index (χ1) is 35.1. The summed E-state index contributed by atoms with van der Waals surface area (Å²) in [6, 6.07) is 90.5. The summed E-state index contributed by atoms with van der Waals surface area (Å²) in [6.45, 7) is 2.19. The number of nitrogens with zero attached hydrogens (tertiary/aromatic N) is 2. The van der Waals surface area contributed by atoms with Crippen LogP contribution in [0, 0.1) is 6.92 Å². The maximum Gasteiger partial charge on any atom is 0.159 e. The van der Waals surface area contributed by atoms with Crippen LogP contribution in [0.4, 0.5) is 34.1 Å². The van der Waals surface area contributed by atoms with Crippen molar-refractivity contribution in [2.45, 2.75) is 6.92 Å². The zero-order chi connectivity index (χ0) is 47.0. The lowest BCUT2D eigenvalue weighted by Crippen LogP contribution is -2.11. The van der Waals surface area contributed by atoms with Crippen LogP contribution in [0.1, 0.15) is 5.56 Å². The molecule has 334 valence electrons. The predicted molar refractivity (Wildman–Crippen MR) is 304 cm³/mol. The maximum absolute atomic E-state index is 7.08. The molecule has 4 heteroatoms. The van der Waals surface area contributed by atoms with E-state index < -0.39 is 0 Å². The Bertz CT molecular complexity index is 4340. The van der Waals surface area contributed by atoms with Gasteiger partial charge < -0.3 is 14.2 Å². The molecule has 14 rings (SSSR count). The average Bonchev–Trinajstić information content (AvgIpc) is 3.99. The fourth-order valence-corrected chi connectivity index (χ4v) is 12.0. The molecule has 71 heavy (non-hydrogen) atoms. The number of fused-ring (bicyclic) bond motifs is 9. The Labute approximate surface area is 415 Å². The highest BCUT2D eigenvalue weighted by Gasteiger charge is 2.23. The Hall–Kier alpha value is -8.96. The third-order valence-corrected chi connectivity index (χ3v) is 15.3. The Morgan fingerprint density at radius 1 is 0.310 bits per heavy atom. The first kappa shape index (κ1) is 41.1. The maximum atomic E-state index is 7.08. The van der Waals surface area contributed by atoms with E-state index in [0.717, 1.165) is 67.2 Å². The minimum Gasteiger partial charge on any atom is -0.454 e. The van der Waals surface area contributed by atoms with Crippen LogP contribution in [0.25, 0.3) is 96.7 Å². The van der Waals surface area contributed by atoms with Crippen molar-refractivity contribution >= 4 is 120 Å². The van der Waals surface area contributed by atoms with Crippen LogP contribution in [0.2, 0.25) is 0 Å². The van der Waals surface area contributed by atoms with E-state index in [4.69, 9.17) is 4.42 Å². The standard InChI is InChI=1S/C67H44N2OS/c1-43-35-60-57-32-28-48(41-64(57)70-67(60)63(36-43)69(54-31-27-44-15-8-9-17-46(44)38-54)61-26-14-19-45-16-10-12-24-55(45)61)47-30-34-65-59(39-47)58-33-29-49(42-66(58)71-65)51-37-50-18-11-13-25-56(50)62(40-51)68(52-20-4-2-5-21-52)53-22-6-3-7-23-53/h2-42H,1H3. The molecule has 0 saturated carbocycles. The molecule has 0 aliphatic heterocycles. The lowest BCUT2D eigenvalue weighted by molar-refractivity contribution is 0.669. The molecule has 0 fully saturated rings. The van der Waals surface area contributed by atoms with Crippen LogP contribution in [0.15, 0.2) is 253 Å². The van der Waals surface area contributed by atoms with Crippen LogP contribution in [0.5, 0.6) is 0 Å². The van der Waals surface area contributed by atoms with Gasteiger partial charge in [0.25, 0.3) is 0 Å². The lowest BCUT2D eigenvalue weighted by atomic mass is 9.97. The van der Waals surface area contributed by atoms with Gasteiger partial charge in [0.05, 0.1) is 17.1 Å². The second-order valence-corrected chi connectivity index (χ2v) is 19.7. The number of hydrogen-bond acceptors (Lipinski definition) is 4. The highest BCUT2D eigenvalue weighted by atomic mass is 32.1. The number of anilines is 6. The normalized spacial score (nSPS) is 11.7. The fourth-order valence-electron chi connectivity index (χ4n) is 10.8. The number of furan rings is 1. The quantitative estimate of drug-likeness (QED) is 0.151. The van der Waals surface area contributed by atoms with Gasteiger partial charge >= 0.3 is 0 Å². The SMILES string of the molecule is Cc1cc(N(c2ccc3ccccc3c2)c2cccc3ccccc23)c2oc3cc(-c4ccc5sc6cc(-c7cc(N(c8ccccc8)c8ccccc8)c8ccccc8c7)ccc6c5c4)ccc3c2c1. The molecule has 14 aromatic rings. The van der Waals surface area contributed by atoms with Crippen molar-refractivity contribution in [3.05, 3.63) is 254 Å². The summed E-state index contributed by atoms with van der Waals surface area (Å²) in [5.74, 6) is 0. The summed E-state index contributed by atoms with van der Waals surface area (Å²) in [5, 5.41) is 11.9. The van der Waals surface area contributed by atoms with Crippen LogP contribution in [-0.4, -0.2) is 0 Å². The molecule has 0 unspecified atom stereocenters. The van der Waals surface area contributed by atoms with Crippen molar-refractivity contribution in [3.63, 3.8) is 0 Å². The van der Waals surface area contributed by atoms with Crippen molar-refractivity contribution in [3.8, 4) is 22.3 Å². The zero-order valence-electron chi connectivity index (χ0n) is 38.9. The number of rotatable bonds is 8. The minimum atomic E-state index is 0.866. The molecule has 0 radical (unpaired) electrons. The Balaban J connectivity index is 0.865. The van der Waals surface area contributed by atoms with Gasteiger partial charge in [-0.2, -0.15) is 0 Å². The van der Waals surface area contributed by atoms with Crippen molar-refractivity contribution in [2.75, 3.05) is 9.80 Å². The molecule has 0 spiro atoms. The number of benzene rings is 12. The number of hydrogen-bond donors (Lipinski definition) is 0. The molecule has 2 aromatic heterocycles. The molecular formula is C67H44N2OS. The smallest absolute Gasteiger partial charge is 0.159 e. The fraction of sp³-hybridized carbons (Fsp3) is 0.0149. The number of thiophene rings is 1. The van der Waals surface area contributed by atoms with E-state index >= 15 is 0 Å². The van der Waals surface area contributed by atoms with Crippen LogP contribution in [-0.2, 0) is 0 Å².